The quantitative estimate of drug-likeness (QED) is 0.0854. The molecule has 3 fully saturated rings. The van der Waals surface area contributed by atoms with Crippen LogP contribution in [0.25, 0.3) is 0 Å². The summed E-state index contributed by atoms with van der Waals surface area (Å²) in [5, 5.41) is 46.3. The number of esters is 1. The van der Waals surface area contributed by atoms with Gasteiger partial charge in [-0.1, -0.05) is 65.0 Å². The second-order valence-electron chi connectivity index (χ2n) is 22.9. The van der Waals surface area contributed by atoms with E-state index in [4.69, 9.17) is 28.4 Å². The molecule has 4 aliphatic rings. The highest BCUT2D eigenvalue weighted by molar-refractivity contribution is 6.39. The Morgan fingerprint density at radius 1 is 0.844 bits per heavy atom. The number of hydrogen-bond donors (Lipinski definition) is 5. The Hall–Kier alpha value is -4.14. The van der Waals surface area contributed by atoms with E-state index in [1.807, 2.05) is 45.9 Å². The summed E-state index contributed by atoms with van der Waals surface area (Å²) in [4.78, 5) is 85.7. The van der Waals surface area contributed by atoms with Gasteiger partial charge in [0.15, 0.2) is 5.78 Å². The molecule has 77 heavy (non-hydrogen) atoms. The van der Waals surface area contributed by atoms with Crippen molar-refractivity contribution < 1.29 is 77.6 Å². The molecular formula is C59H94N2O16. The fourth-order valence-corrected chi connectivity index (χ4v) is 11.4. The molecule has 0 aromatic rings. The second kappa shape index (κ2) is 30.4. The number of carbonyl (C=O) groups is 6. The number of ketones is 3. The molecule has 1 saturated carbocycles. The van der Waals surface area contributed by atoms with Crippen LogP contribution < -0.4 is 5.32 Å². The Labute approximate surface area is 457 Å². The van der Waals surface area contributed by atoms with Gasteiger partial charge in [-0.2, -0.15) is 0 Å². The van der Waals surface area contributed by atoms with Gasteiger partial charge in [0.2, 0.25) is 5.79 Å². The summed E-state index contributed by atoms with van der Waals surface area (Å²) in [6.45, 7) is 17.6. The third-order valence-corrected chi connectivity index (χ3v) is 16.8. The number of hydrogen-bond acceptors (Lipinski definition) is 16. The molecule has 17 atom stereocenters. The van der Waals surface area contributed by atoms with Crippen LogP contribution in [0.5, 0.6) is 0 Å². The molecule has 5 N–H and O–H groups in total. The van der Waals surface area contributed by atoms with Crippen molar-refractivity contribution in [1.29, 1.82) is 0 Å². The van der Waals surface area contributed by atoms with E-state index in [-0.39, 0.29) is 42.8 Å². The molecule has 436 valence electrons. The lowest BCUT2D eigenvalue weighted by atomic mass is 9.78. The first kappa shape index (κ1) is 65.4. The highest BCUT2D eigenvalue weighted by atomic mass is 16.6. The summed E-state index contributed by atoms with van der Waals surface area (Å²) in [7, 11) is 4.47. The normalized spacial score (nSPS) is 37.7. The van der Waals surface area contributed by atoms with E-state index in [0.717, 1.165) is 11.1 Å². The standard InChI is InChI=1S/C59H94N2O16/c1-33-18-14-15-19-34(2)40(8)49(72-11)31-44-25-23-39(7)59(71,77-44)55(67)56(68)61-27-17-16-20-45(61)57(69)75-48(32-46(64)36(4)28-38(6)53(66)54(74-13)52(65)35(3)22-21-33)37(5)29-43-24-26-47(50(30-43)73-12)76-58(70)60-51(41(9)62)42(10)63/h14-15,18-19,28,33,35-37,39,41-45,47-51,53-54,62-63,66,71H,16-17,20-27,29-32H2,1-13H3,(H,60,70)/b18-14-,19-15-,38-28-,40-34-/t33-,35-,36-,37-,39-,41?,42?,43+,44?,45+,47-,48?,49+,50-,51?,53-,54+,59?/m1/s1. The third-order valence-electron chi connectivity index (χ3n) is 16.8. The number of cyclic esters (lactones) is 1. The van der Waals surface area contributed by atoms with Gasteiger partial charge < -0.3 is 59.1 Å². The Morgan fingerprint density at radius 3 is 2.17 bits per heavy atom. The Kier molecular flexibility index (Phi) is 25.9. The lowest BCUT2D eigenvalue weighted by molar-refractivity contribution is -0.265. The van der Waals surface area contributed by atoms with Gasteiger partial charge in [-0.3, -0.25) is 19.2 Å². The topological polar surface area (TPSA) is 254 Å². The molecular weight excluding hydrogens is 993 g/mol. The molecule has 18 nitrogen and oxygen atoms in total. The van der Waals surface area contributed by atoms with E-state index < -0.39 is 120 Å². The number of nitrogens with one attached hydrogen (secondary N) is 1. The van der Waals surface area contributed by atoms with E-state index in [1.165, 1.54) is 33.0 Å². The van der Waals surface area contributed by atoms with Crippen LogP contribution in [0.2, 0.25) is 0 Å². The number of aliphatic hydroxyl groups is 4. The first-order chi connectivity index (χ1) is 36.3. The first-order valence-electron chi connectivity index (χ1n) is 28.1. The minimum Gasteiger partial charge on any atom is -0.460 e. The Bertz CT molecular complexity index is 2110. The van der Waals surface area contributed by atoms with E-state index in [0.29, 0.717) is 76.2 Å². The van der Waals surface area contributed by atoms with Gasteiger partial charge in [-0.15, -0.1) is 0 Å². The number of aliphatic hydroxyl groups excluding tert-OH is 3. The number of alkyl carbamates (subject to hydrolysis) is 1. The van der Waals surface area contributed by atoms with Gasteiger partial charge in [0.05, 0.1) is 36.6 Å². The van der Waals surface area contributed by atoms with Crippen molar-refractivity contribution in [2.24, 2.45) is 35.5 Å². The van der Waals surface area contributed by atoms with Gasteiger partial charge in [-0.05, 0) is 140 Å². The molecule has 2 amide bonds. The monoisotopic (exact) mass is 1090 g/mol. The van der Waals surface area contributed by atoms with Crippen LogP contribution in [-0.2, 0) is 52.4 Å². The van der Waals surface area contributed by atoms with Crippen molar-refractivity contribution in [3.8, 4) is 0 Å². The molecule has 0 aromatic heterocycles. The first-order valence-corrected chi connectivity index (χ1v) is 28.1. The molecule has 1 aliphatic carbocycles. The smallest absolute Gasteiger partial charge is 0.407 e. The number of carbonyl (C=O) groups excluding carboxylic acids is 6. The molecule has 0 spiro atoms. The molecule has 0 radical (unpaired) electrons. The van der Waals surface area contributed by atoms with Crippen molar-refractivity contribution in [1.82, 2.24) is 10.2 Å². The number of allylic oxidation sites excluding steroid dienone is 6. The lowest BCUT2D eigenvalue weighted by Crippen LogP contribution is -2.61. The average Bonchev–Trinajstić information content (AvgIpc) is 3.39. The fourth-order valence-electron chi connectivity index (χ4n) is 11.4. The summed E-state index contributed by atoms with van der Waals surface area (Å²) in [6, 6.07) is -2.16. The minimum atomic E-state index is -2.47. The fraction of sp³-hybridized carbons (Fsp3) is 0.763. The molecule has 4 rings (SSSR count). The Morgan fingerprint density at radius 2 is 1.53 bits per heavy atom. The molecule has 2 bridgehead atoms. The molecule has 2 saturated heterocycles. The van der Waals surface area contributed by atoms with Crippen LogP contribution >= 0.6 is 0 Å². The predicted molar refractivity (Wildman–Crippen MR) is 289 cm³/mol. The van der Waals surface area contributed by atoms with Gasteiger partial charge in [0, 0.05) is 58.5 Å². The van der Waals surface area contributed by atoms with Gasteiger partial charge >= 0.3 is 12.1 Å². The van der Waals surface area contributed by atoms with E-state index in [1.54, 1.807) is 34.0 Å². The number of methoxy groups -OCH3 is 3. The van der Waals surface area contributed by atoms with Gasteiger partial charge in [0.25, 0.3) is 11.7 Å². The maximum atomic E-state index is 14.6. The largest absolute Gasteiger partial charge is 0.460 e. The number of piperidine rings is 1. The molecule has 5 unspecified atom stereocenters. The van der Waals surface area contributed by atoms with Crippen molar-refractivity contribution in [3.05, 3.63) is 47.1 Å². The number of Topliss-reactive ketones (excluding diaryl/α,β-unsaturated/α-hetero) is 3. The van der Waals surface area contributed by atoms with Crippen LogP contribution in [0.3, 0.4) is 0 Å². The summed E-state index contributed by atoms with van der Waals surface area (Å²) < 4.78 is 35.6. The lowest BCUT2D eigenvalue weighted by Gasteiger charge is -2.43. The number of rotatable bonds is 10. The van der Waals surface area contributed by atoms with Crippen molar-refractivity contribution in [2.45, 2.75) is 226 Å². The van der Waals surface area contributed by atoms with Crippen molar-refractivity contribution >= 4 is 35.3 Å². The van der Waals surface area contributed by atoms with Crippen LogP contribution in [0.1, 0.15) is 153 Å². The zero-order chi connectivity index (χ0) is 57.5. The van der Waals surface area contributed by atoms with Gasteiger partial charge in [0.1, 0.15) is 36.2 Å². The zero-order valence-electron chi connectivity index (χ0n) is 48.2. The van der Waals surface area contributed by atoms with Crippen LogP contribution in [0.4, 0.5) is 4.79 Å². The molecule has 18 heteroatoms. The summed E-state index contributed by atoms with van der Waals surface area (Å²) in [5.74, 6) is -8.44. The van der Waals surface area contributed by atoms with Crippen molar-refractivity contribution in [2.75, 3.05) is 27.9 Å². The number of amides is 2. The van der Waals surface area contributed by atoms with E-state index >= 15 is 0 Å². The van der Waals surface area contributed by atoms with Crippen LogP contribution in [0.15, 0.2) is 47.1 Å². The maximum absolute atomic E-state index is 14.6. The molecule has 3 heterocycles. The van der Waals surface area contributed by atoms with E-state index in [9.17, 15) is 49.2 Å². The highest BCUT2D eigenvalue weighted by Crippen LogP contribution is 2.38. The average molecular weight is 1090 g/mol. The van der Waals surface area contributed by atoms with Gasteiger partial charge in [-0.25, -0.2) is 9.59 Å². The number of fused-ring (bicyclic) bond motifs is 3. The Balaban J connectivity index is 1.68. The molecule has 3 aliphatic heterocycles. The van der Waals surface area contributed by atoms with Crippen LogP contribution in [-0.4, -0.2) is 161 Å². The molecule has 0 aromatic carbocycles. The summed E-state index contributed by atoms with van der Waals surface area (Å²) in [6.07, 6.45) is 6.11. The zero-order valence-corrected chi connectivity index (χ0v) is 48.2. The van der Waals surface area contributed by atoms with Crippen LogP contribution in [0, 0.1) is 35.5 Å². The minimum absolute atomic E-state index is 0.0405. The number of nitrogens with zero attached hydrogens (tertiary/aromatic N) is 1. The highest BCUT2D eigenvalue weighted by Gasteiger charge is 2.53. The van der Waals surface area contributed by atoms with E-state index in [2.05, 4.69) is 18.3 Å². The van der Waals surface area contributed by atoms with Crippen molar-refractivity contribution in [3.63, 3.8) is 0 Å². The number of ether oxygens (including phenoxy) is 6. The summed E-state index contributed by atoms with van der Waals surface area (Å²) in [5.41, 5.74) is 2.23. The maximum Gasteiger partial charge on any atom is 0.407 e. The second-order valence-corrected chi connectivity index (χ2v) is 22.9. The predicted octanol–water partition coefficient (Wildman–Crippen LogP) is 6.82. The summed E-state index contributed by atoms with van der Waals surface area (Å²) >= 11 is 0. The third kappa shape index (κ3) is 17.9. The SMILES string of the molecule is CO[C@H]1CC2CC[C@@H](C)C(O)(O2)C(=O)C(=O)N2CCCC[C@H]2C(=O)OC([C@H](C)C[C@@H]2CC[C@@H](OC(=O)NC(C(C)O)C(C)O)[C@H](OC)C2)CC(=O)[C@H](C)/C=C(/C)[C@@H](O)[C@@H](OC)C(=O)[C@H](C)CC[C@H](C)\C=C/C=C\C(C)=C/1C.